The number of amides is 2. The predicted octanol–water partition coefficient (Wildman–Crippen LogP) is 3.43. The minimum Gasteiger partial charge on any atom is -0.443 e. The molecule has 13 heteroatoms. The van der Waals surface area contributed by atoms with Crippen molar-refractivity contribution in [1.82, 2.24) is 14.5 Å². The van der Waals surface area contributed by atoms with Crippen LogP contribution < -0.4 is 10.6 Å². The van der Waals surface area contributed by atoms with Crippen LogP contribution in [0.1, 0.15) is 45.2 Å². The summed E-state index contributed by atoms with van der Waals surface area (Å²) in [4.78, 5) is 27.9. The molecule has 3 aliphatic rings. The molecule has 5 atom stereocenters. The lowest BCUT2D eigenvalue weighted by Gasteiger charge is -2.31. The van der Waals surface area contributed by atoms with Gasteiger partial charge in [-0.2, -0.15) is 4.31 Å². The number of hydrogen-bond acceptors (Lipinski definition) is 9. The summed E-state index contributed by atoms with van der Waals surface area (Å²) < 4.78 is 46.5. The van der Waals surface area contributed by atoms with Crippen molar-refractivity contribution >= 4 is 33.3 Å². The molecule has 3 N–H and O–H groups in total. The van der Waals surface area contributed by atoms with Crippen LogP contribution >= 0.6 is 0 Å². The molecule has 0 radical (unpaired) electrons. The van der Waals surface area contributed by atoms with Crippen molar-refractivity contribution in [2.75, 3.05) is 44.7 Å². The molecular formula is C34H46N4O8S. The number of carbonyl (C=O) groups is 2. The van der Waals surface area contributed by atoms with E-state index >= 15 is 0 Å². The maximum Gasteiger partial charge on any atom is 0.407 e. The number of sulfonamides is 1. The zero-order valence-electron chi connectivity index (χ0n) is 27.4. The third-order valence-electron chi connectivity index (χ3n) is 8.81. The van der Waals surface area contributed by atoms with Crippen LogP contribution in [0.5, 0.6) is 0 Å². The number of anilines is 1. The van der Waals surface area contributed by atoms with Gasteiger partial charge in [0.05, 0.1) is 41.7 Å². The number of benzene rings is 2. The van der Waals surface area contributed by atoms with E-state index in [4.69, 9.17) is 14.2 Å². The van der Waals surface area contributed by atoms with Gasteiger partial charge in [-0.1, -0.05) is 44.2 Å². The Labute approximate surface area is 277 Å². The lowest BCUT2D eigenvalue weighted by molar-refractivity contribution is -0.110. The number of alkyl carbamates (subject to hydrolysis) is 1. The van der Waals surface area contributed by atoms with Gasteiger partial charge in [-0.15, -0.1) is 0 Å². The molecule has 256 valence electrons. The second-order valence-corrected chi connectivity index (χ2v) is 14.6. The van der Waals surface area contributed by atoms with E-state index < -0.39 is 34.4 Å². The van der Waals surface area contributed by atoms with Crippen LogP contribution in [-0.2, 0) is 35.4 Å². The van der Waals surface area contributed by atoms with Crippen LogP contribution in [0.4, 0.5) is 10.5 Å². The Bertz CT molecular complexity index is 1550. The topological polar surface area (TPSA) is 147 Å². The molecule has 0 saturated carbocycles. The van der Waals surface area contributed by atoms with E-state index in [0.717, 1.165) is 12.0 Å². The quantitative estimate of drug-likeness (QED) is 0.257. The Hall–Kier alpha value is -3.49. The molecule has 2 fully saturated rings. The first-order valence-electron chi connectivity index (χ1n) is 16.3. The van der Waals surface area contributed by atoms with Gasteiger partial charge in [-0.05, 0) is 56.4 Å². The molecule has 3 aliphatic heterocycles. The van der Waals surface area contributed by atoms with E-state index in [0.29, 0.717) is 36.5 Å². The minimum absolute atomic E-state index is 0.00703. The third kappa shape index (κ3) is 8.15. The summed E-state index contributed by atoms with van der Waals surface area (Å²) in [7, 11) is -4.14. The number of nitrogens with one attached hydrogen (secondary N) is 2. The van der Waals surface area contributed by atoms with Gasteiger partial charge in [-0.25, -0.2) is 13.2 Å². The molecular weight excluding hydrogens is 624 g/mol. The highest BCUT2D eigenvalue weighted by molar-refractivity contribution is 7.89. The van der Waals surface area contributed by atoms with Gasteiger partial charge in [0.25, 0.3) is 5.91 Å². The van der Waals surface area contributed by atoms with Crippen molar-refractivity contribution in [2.45, 2.75) is 70.0 Å². The summed E-state index contributed by atoms with van der Waals surface area (Å²) in [5, 5.41) is 17.2. The van der Waals surface area contributed by atoms with Crippen molar-refractivity contribution in [3.8, 4) is 0 Å². The SMILES string of the molecule is CCN(C=C1C(=O)Nc2ccc(S(=O)(=O)N(CC(C)C)C[C@@H](O)[C@H](Cc3ccccc3)NC(=O)O[C@H]3CO[C@H]4OCC[C@H]43)cc21)CC. The molecule has 2 aromatic carbocycles. The van der Waals surface area contributed by atoms with Crippen LogP contribution in [0, 0.1) is 11.8 Å². The van der Waals surface area contributed by atoms with Crippen LogP contribution in [0.15, 0.2) is 59.6 Å². The molecule has 12 nitrogen and oxygen atoms in total. The second kappa shape index (κ2) is 15.2. The predicted molar refractivity (Wildman–Crippen MR) is 177 cm³/mol. The summed E-state index contributed by atoms with van der Waals surface area (Å²) in [6, 6.07) is 13.1. The van der Waals surface area contributed by atoms with Crippen molar-refractivity contribution < 1.29 is 37.3 Å². The Morgan fingerprint density at radius 2 is 1.87 bits per heavy atom. The van der Waals surface area contributed by atoms with Gasteiger partial charge < -0.3 is 34.9 Å². The summed E-state index contributed by atoms with van der Waals surface area (Å²) in [5.41, 5.74) is 2.29. The fourth-order valence-electron chi connectivity index (χ4n) is 6.23. The van der Waals surface area contributed by atoms with Gasteiger partial charge in [0.15, 0.2) is 6.29 Å². The van der Waals surface area contributed by atoms with Crippen LogP contribution in [0.3, 0.4) is 0 Å². The van der Waals surface area contributed by atoms with E-state index in [9.17, 15) is 23.1 Å². The largest absolute Gasteiger partial charge is 0.443 e. The summed E-state index contributed by atoms with van der Waals surface area (Å²) in [6.45, 7) is 9.74. The van der Waals surface area contributed by atoms with Crippen molar-refractivity contribution in [1.29, 1.82) is 0 Å². The van der Waals surface area contributed by atoms with Gasteiger partial charge >= 0.3 is 6.09 Å². The van der Waals surface area contributed by atoms with Gasteiger partial charge in [0.2, 0.25) is 10.0 Å². The molecule has 3 heterocycles. The van der Waals surface area contributed by atoms with E-state index in [1.165, 1.54) is 16.4 Å². The van der Waals surface area contributed by atoms with Crippen molar-refractivity contribution in [3.63, 3.8) is 0 Å². The number of carbonyl (C=O) groups excluding carboxylic acids is 2. The summed E-state index contributed by atoms with van der Waals surface area (Å²) in [5.74, 6) is -0.412. The lowest BCUT2D eigenvalue weighted by atomic mass is 10.0. The molecule has 2 saturated heterocycles. The van der Waals surface area contributed by atoms with E-state index in [-0.39, 0.29) is 55.0 Å². The van der Waals surface area contributed by atoms with Crippen LogP contribution in [-0.4, -0.2) is 98.7 Å². The Morgan fingerprint density at radius 3 is 2.57 bits per heavy atom. The molecule has 0 unspecified atom stereocenters. The number of aliphatic hydroxyl groups is 1. The third-order valence-corrected chi connectivity index (χ3v) is 10.6. The van der Waals surface area contributed by atoms with Gasteiger partial charge in [-0.3, -0.25) is 4.79 Å². The van der Waals surface area contributed by atoms with Crippen molar-refractivity contribution in [3.05, 3.63) is 65.9 Å². The fraction of sp³-hybridized carbons (Fsp3) is 0.529. The van der Waals surface area contributed by atoms with Crippen LogP contribution in [0.25, 0.3) is 5.57 Å². The normalized spacial score (nSPS) is 22.7. The smallest absolute Gasteiger partial charge is 0.407 e. The average molecular weight is 671 g/mol. The first-order chi connectivity index (χ1) is 22.5. The highest BCUT2D eigenvalue weighted by Gasteiger charge is 2.44. The first-order valence-corrected chi connectivity index (χ1v) is 17.8. The number of rotatable bonds is 14. The monoisotopic (exact) mass is 670 g/mol. The standard InChI is InChI=1S/C34H46N4O8S/c1-5-37(6-2)19-27-26-17-24(12-13-28(26)35-32(27)40)47(42,43)38(18-22(3)4)20-30(39)29(16-23-10-8-7-9-11-23)36-34(41)46-31-21-45-33-25(31)14-15-44-33/h7-13,17,19,22,25,29-31,33,39H,5-6,14-16,18,20-21H2,1-4H3,(H,35,40)(H,36,41)/t25-,29-,30+,31-,33+/m0/s1. The molecule has 0 bridgehead atoms. The maximum absolute atomic E-state index is 14.2. The van der Waals surface area contributed by atoms with Gasteiger partial charge in [0.1, 0.15) is 6.10 Å². The van der Waals surface area contributed by atoms with Crippen molar-refractivity contribution in [2.24, 2.45) is 11.8 Å². The lowest BCUT2D eigenvalue weighted by Crippen LogP contribution is -2.51. The van der Waals surface area contributed by atoms with Gasteiger partial charge in [0, 0.05) is 43.6 Å². The molecule has 0 spiro atoms. The Kier molecular flexibility index (Phi) is 11.2. The zero-order valence-corrected chi connectivity index (χ0v) is 28.2. The zero-order chi connectivity index (χ0) is 33.7. The number of ether oxygens (including phenoxy) is 3. The molecule has 0 aromatic heterocycles. The molecule has 0 aliphatic carbocycles. The maximum atomic E-state index is 14.2. The summed E-state index contributed by atoms with van der Waals surface area (Å²) in [6.07, 6.45) is -0.136. The highest BCUT2D eigenvalue weighted by atomic mass is 32.2. The average Bonchev–Trinajstić information content (AvgIpc) is 3.74. The molecule has 2 amide bonds. The number of aliphatic hydroxyl groups excluding tert-OH is 1. The molecule has 47 heavy (non-hydrogen) atoms. The molecule has 5 rings (SSSR count). The number of nitrogens with zero attached hydrogens (tertiary/aromatic N) is 2. The minimum atomic E-state index is -4.14. The van der Waals surface area contributed by atoms with E-state index in [1.807, 2.05) is 62.9 Å². The van der Waals surface area contributed by atoms with Crippen LogP contribution in [0.2, 0.25) is 0 Å². The van der Waals surface area contributed by atoms with E-state index in [2.05, 4.69) is 10.6 Å². The Balaban J connectivity index is 1.38. The fourth-order valence-corrected chi connectivity index (χ4v) is 7.88. The molecule has 2 aromatic rings. The first kappa shape index (κ1) is 34.8. The number of fused-ring (bicyclic) bond motifs is 2. The van der Waals surface area contributed by atoms with E-state index in [1.54, 1.807) is 12.3 Å². The highest BCUT2D eigenvalue weighted by Crippen LogP contribution is 2.35. The number of hydrogen-bond donors (Lipinski definition) is 3. The second-order valence-electron chi connectivity index (χ2n) is 12.6. The Morgan fingerprint density at radius 1 is 1.13 bits per heavy atom. The summed E-state index contributed by atoms with van der Waals surface area (Å²) >= 11 is 0.